The van der Waals surface area contributed by atoms with Gasteiger partial charge >= 0.3 is 0 Å². The lowest BCUT2D eigenvalue weighted by molar-refractivity contribution is 1.27. The average molecular weight is 134 g/mol. The first-order valence-electron chi connectivity index (χ1n) is 3.19. The molecule has 1 heterocycles. The van der Waals surface area contributed by atoms with Crippen molar-refractivity contribution in [2.75, 3.05) is 7.05 Å². The van der Waals surface area contributed by atoms with E-state index in [1.54, 1.807) is 13.2 Å². The zero-order valence-corrected chi connectivity index (χ0v) is 6.20. The highest BCUT2D eigenvalue weighted by Crippen LogP contribution is 1.94. The van der Waals surface area contributed by atoms with Gasteiger partial charge in [0, 0.05) is 13.2 Å². The third kappa shape index (κ3) is 1.41. The number of pyridine rings is 1. The molecule has 1 aromatic heterocycles. The Morgan fingerprint density at radius 2 is 2.30 bits per heavy atom. The van der Waals surface area contributed by atoms with Gasteiger partial charge in [0.15, 0.2) is 0 Å². The van der Waals surface area contributed by atoms with Crippen molar-refractivity contribution >= 4 is 5.71 Å². The van der Waals surface area contributed by atoms with Crippen molar-refractivity contribution in [3.63, 3.8) is 0 Å². The lowest BCUT2D eigenvalue weighted by atomic mass is 10.3. The highest BCUT2D eigenvalue weighted by Gasteiger charge is 1.92. The van der Waals surface area contributed by atoms with Gasteiger partial charge in [-0.05, 0) is 19.1 Å². The van der Waals surface area contributed by atoms with Crippen molar-refractivity contribution in [1.29, 1.82) is 0 Å². The van der Waals surface area contributed by atoms with E-state index in [0.717, 1.165) is 11.4 Å². The first kappa shape index (κ1) is 6.93. The van der Waals surface area contributed by atoms with Crippen LogP contribution in [-0.2, 0) is 0 Å². The molecular formula is C8H10N2. The molecule has 1 aromatic rings. The fourth-order valence-corrected chi connectivity index (χ4v) is 0.691. The van der Waals surface area contributed by atoms with Crippen LogP contribution < -0.4 is 0 Å². The van der Waals surface area contributed by atoms with Crippen LogP contribution in [0, 0.1) is 0 Å². The minimum atomic E-state index is 0.949. The molecule has 0 saturated carbocycles. The Kier molecular flexibility index (Phi) is 2.15. The van der Waals surface area contributed by atoms with Crippen molar-refractivity contribution in [3.05, 3.63) is 30.1 Å². The molecule has 10 heavy (non-hydrogen) atoms. The number of rotatable bonds is 1. The highest BCUT2D eigenvalue weighted by atomic mass is 14.7. The maximum atomic E-state index is 4.12. The van der Waals surface area contributed by atoms with Crippen molar-refractivity contribution in [2.24, 2.45) is 4.99 Å². The third-order valence-electron chi connectivity index (χ3n) is 1.37. The molecule has 2 heteroatoms. The van der Waals surface area contributed by atoms with Gasteiger partial charge in [-0.3, -0.25) is 9.98 Å². The van der Waals surface area contributed by atoms with Gasteiger partial charge in [-0.1, -0.05) is 6.07 Å². The predicted molar refractivity (Wildman–Crippen MR) is 42.4 cm³/mol. The molecule has 0 saturated heterocycles. The standard InChI is InChI=1S/C8H10N2/c1-7(9-2)8-5-3-4-6-10-8/h3-6H,1-2H3/b9-7-. The predicted octanol–water partition coefficient (Wildman–Crippen LogP) is 1.52. The molecule has 0 unspecified atom stereocenters. The van der Waals surface area contributed by atoms with Gasteiger partial charge in [0.2, 0.25) is 0 Å². The molecular weight excluding hydrogens is 124 g/mol. The topological polar surface area (TPSA) is 25.2 Å². The summed E-state index contributed by atoms with van der Waals surface area (Å²) in [7, 11) is 1.77. The zero-order valence-electron chi connectivity index (χ0n) is 6.20. The SMILES string of the molecule is C/N=C(/C)c1ccccn1. The summed E-state index contributed by atoms with van der Waals surface area (Å²) in [5.41, 5.74) is 1.92. The molecule has 0 aliphatic heterocycles. The van der Waals surface area contributed by atoms with E-state index in [2.05, 4.69) is 9.98 Å². The molecule has 0 atom stereocenters. The van der Waals surface area contributed by atoms with E-state index in [1.807, 2.05) is 25.1 Å². The Morgan fingerprint density at radius 3 is 2.80 bits per heavy atom. The van der Waals surface area contributed by atoms with Crippen molar-refractivity contribution in [2.45, 2.75) is 6.92 Å². The van der Waals surface area contributed by atoms with Gasteiger partial charge in [0.25, 0.3) is 0 Å². The number of hydrogen-bond donors (Lipinski definition) is 0. The van der Waals surface area contributed by atoms with Crippen LogP contribution in [0.5, 0.6) is 0 Å². The Morgan fingerprint density at radius 1 is 1.50 bits per heavy atom. The summed E-state index contributed by atoms with van der Waals surface area (Å²) in [5.74, 6) is 0. The summed E-state index contributed by atoms with van der Waals surface area (Å²) in [6.07, 6.45) is 1.77. The fraction of sp³-hybridized carbons (Fsp3) is 0.250. The van der Waals surface area contributed by atoms with Gasteiger partial charge < -0.3 is 0 Å². The Balaban J connectivity index is 2.96. The van der Waals surface area contributed by atoms with E-state index >= 15 is 0 Å². The molecule has 0 radical (unpaired) electrons. The maximum absolute atomic E-state index is 4.12. The van der Waals surface area contributed by atoms with E-state index in [-0.39, 0.29) is 0 Å². The summed E-state index contributed by atoms with van der Waals surface area (Å²) in [5, 5.41) is 0. The molecule has 0 N–H and O–H groups in total. The lowest BCUT2D eigenvalue weighted by Gasteiger charge is -1.94. The van der Waals surface area contributed by atoms with E-state index < -0.39 is 0 Å². The zero-order chi connectivity index (χ0) is 7.40. The van der Waals surface area contributed by atoms with E-state index in [1.165, 1.54) is 0 Å². The molecule has 0 aliphatic rings. The second-order valence-electron chi connectivity index (χ2n) is 2.02. The Labute approximate surface area is 60.6 Å². The first-order valence-corrected chi connectivity index (χ1v) is 3.19. The average Bonchev–Trinajstić information content (AvgIpc) is 2.05. The largest absolute Gasteiger partial charge is 0.291 e. The van der Waals surface area contributed by atoms with Crippen LogP contribution >= 0.6 is 0 Å². The number of aromatic nitrogens is 1. The van der Waals surface area contributed by atoms with Crippen molar-refractivity contribution in [1.82, 2.24) is 4.98 Å². The van der Waals surface area contributed by atoms with Crippen LogP contribution in [0.15, 0.2) is 29.4 Å². The minimum Gasteiger partial charge on any atom is -0.291 e. The number of nitrogens with zero attached hydrogens (tertiary/aromatic N) is 2. The monoisotopic (exact) mass is 134 g/mol. The van der Waals surface area contributed by atoms with Crippen LogP contribution in [0.2, 0.25) is 0 Å². The number of aliphatic imine (C=N–C) groups is 1. The van der Waals surface area contributed by atoms with Gasteiger partial charge in [-0.15, -0.1) is 0 Å². The molecule has 52 valence electrons. The molecule has 0 spiro atoms. The smallest absolute Gasteiger partial charge is 0.0836 e. The summed E-state index contributed by atoms with van der Waals surface area (Å²) in [6, 6.07) is 5.80. The summed E-state index contributed by atoms with van der Waals surface area (Å²) in [6.45, 7) is 1.95. The molecule has 0 aromatic carbocycles. The number of hydrogen-bond acceptors (Lipinski definition) is 2. The second-order valence-corrected chi connectivity index (χ2v) is 2.02. The normalized spacial score (nSPS) is 11.6. The second kappa shape index (κ2) is 3.11. The first-order chi connectivity index (χ1) is 4.84. The van der Waals surface area contributed by atoms with Gasteiger partial charge in [-0.2, -0.15) is 0 Å². The van der Waals surface area contributed by atoms with Crippen LogP contribution in [-0.4, -0.2) is 17.7 Å². The highest BCUT2D eigenvalue weighted by molar-refractivity contribution is 5.96. The lowest BCUT2D eigenvalue weighted by Crippen LogP contribution is -1.96. The van der Waals surface area contributed by atoms with Crippen molar-refractivity contribution < 1.29 is 0 Å². The molecule has 0 bridgehead atoms. The van der Waals surface area contributed by atoms with E-state index in [0.29, 0.717) is 0 Å². The van der Waals surface area contributed by atoms with Crippen LogP contribution in [0.4, 0.5) is 0 Å². The Bertz CT molecular complexity index is 226. The van der Waals surface area contributed by atoms with Crippen LogP contribution in [0.3, 0.4) is 0 Å². The fourth-order valence-electron chi connectivity index (χ4n) is 0.691. The van der Waals surface area contributed by atoms with Gasteiger partial charge in [0.05, 0.1) is 11.4 Å². The third-order valence-corrected chi connectivity index (χ3v) is 1.37. The molecule has 2 nitrogen and oxygen atoms in total. The summed E-state index contributed by atoms with van der Waals surface area (Å²) in [4.78, 5) is 8.13. The summed E-state index contributed by atoms with van der Waals surface area (Å²) < 4.78 is 0. The maximum Gasteiger partial charge on any atom is 0.0836 e. The van der Waals surface area contributed by atoms with Gasteiger partial charge in [0.1, 0.15) is 0 Å². The van der Waals surface area contributed by atoms with Gasteiger partial charge in [-0.25, -0.2) is 0 Å². The van der Waals surface area contributed by atoms with Crippen LogP contribution in [0.1, 0.15) is 12.6 Å². The van der Waals surface area contributed by atoms with Crippen LogP contribution in [0.25, 0.3) is 0 Å². The molecule has 0 aliphatic carbocycles. The molecule has 0 amide bonds. The molecule has 1 rings (SSSR count). The van der Waals surface area contributed by atoms with E-state index in [4.69, 9.17) is 0 Å². The Hall–Kier alpha value is -1.18. The quantitative estimate of drug-likeness (QED) is 0.534. The molecule has 0 fully saturated rings. The minimum absolute atomic E-state index is 0.949. The van der Waals surface area contributed by atoms with Crippen molar-refractivity contribution in [3.8, 4) is 0 Å². The summed E-state index contributed by atoms with van der Waals surface area (Å²) >= 11 is 0. The van der Waals surface area contributed by atoms with E-state index in [9.17, 15) is 0 Å².